The molecule has 18 heavy (non-hydrogen) atoms. The standard InChI is InChI=1S/C11H18N2O3S2/c1-3-17(14)7-6-13-18(15,16)11-5-4-9(2)8-10(11)12/h4-5,8,13H,3,6-7,12H2,1-2H3. The second-order valence-corrected chi connectivity index (χ2v) is 7.47. The highest BCUT2D eigenvalue weighted by Crippen LogP contribution is 2.18. The topological polar surface area (TPSA) is 89.3 Å². The van der Waals surface area contributed by atoms with Crippen molar-refractivity contribution in [3.63, 3.8) is 0 Å². The van der Waals surface area contributed by atoms with Gasteiger partial charge in [-0.05, 0) is 24.6 Å². The molecule has 0 fully saturated rings. The lowest BCUT2D eigenvalue weighted by molar-refractivity contribution is 0.584. The monoisotopic (exact) mass is 290 g/mol. The Morgan fingerprint density at radius 3 is 2.61 bits per heavy atom. The molecule has 1 aromatic carbocycles. The first kappa shape index (κ1) is 15.1. The predicted molar refractivity (Wildman–Crippen MR) is 74.3 cm³/mol. The smallest absolute Gasteiger partial charge is 0.242 e. The van der Waals surface area contributed by atoms with Crippen molar-refractivity contribution in [2.45, 2.75) is 18.7 Å². The van der Waals surface area contributed by atoms with Crippen molar-refractivity contribution in [3.8, 4) is 0 Å². The lowest BCUT2D eigenvalue weighted by atomic mass is 10.2. The fourth-order valence-electron chi connectivity index (χ4n) is 1.42. The summed E-state index contributed by atoms with van der Waals surface area (Å²) in [5, 5.41) is 0. The van der Waals surface area contributed by atoms with Crippen LogP contribution >= 0.6 is 0 Å². The number of sulfonamides is 1. The Labute approximate surface area is 110 Å². The summed E-state index contributed by atoms with van der Waals surface area (Å²) in [7, 11) is -4.61. The zero-order valence-electron chi connectivity index (χ0n) is 10.5. The molecule has 0 aliphatic heterocycles. The van der Waals surface area contributed by atoms with Crippen LogP contribution in [0.1, 0.15) is 12.5 Å². The van der Waals surface area contributed by atoms with Gasteiger partial charge in [-0.15, -0.1) is 0 Å². The number of aryl methyl sites for hydroxylation is 1. The van der Waals surface area contributed by atoms with E-state index < -0.39 is 20.8 Å². The van der Waals surface area contributed by atoms with Crippen molar-refractivity contribution in [2.24, 2.45) is 0 Å². The van der Waals surface area contributed by atoms with Gasteiger partial charge in [0, 0.05) is 28.9 Å². The Kier molecular flexibility index (Phi) is 5.30. The number of nitrogens with one attached hydrogen (secondary N) is 1. The SMILES string of the molecule is CCS(=O)CCNS(=O)(=O)c1ccc(C)cc1N. The summed E-state index contributed by atoms with van der Waals surface area (Å²) in [5.41, 5.74) is 6.81. The number of anilines is 1. The minimum atomic E-state index is -3.62. The molecule has 0 radical (unpaired) electrons. The van der Waals surface area contributed by atoms with E-state index in [0.29, 0.717) is 11.5 Å². The van der Waals surface area contributed by atoms with Gasteiger partial charge in [0.1, 0.15) is 4.90 Å². The van der Waals surface area contributed by atoms with E-state index in [2.05, 4.69) is 4.72 Å². The number of rotatable bonds is 6. The summed E-state index contributed by atoms with van der Waals surface area (Å²) in [6, 6.07) is 4.78. The molecule has 0 heterocycles. The quantitative estimate of drug-likeness (QED) is 0.752. The molecule has 7 heteroatoms. The fraction of sp³-hybridized carbons (Fsp3) is 0.455. The molecule has 0 aliphatic carbocycles. The van der Waals surface area contributed by atoms with Crippen LogP contribution in [0.15, 0.2) is 23.1 Å². The van der Waals surface area contributed by atoms with Crippen LogP contribution in [0.2, 0.25) is 0 Å². The summed E-state index contributed by atoms with van der Waals surface area (Å²) in [5.74, 6) is 0.829. The maximum atomic E-state index is 11.9. The van der Waals surface area contributed by atoms with Gasteiger partial charge in [0.15, 0.2) is 0 Å². The second-order valence-electron chi connectivity index (χ2n) is 3.87. The lowest BCUT2D eigenvalue weighted by Crippen LogP contribution is -2.28. The molecule has 1 atom stereocenters. The summed E-state index contributed by atoms with van der Waals surface area (Å²) in [6.07, 6.45) is 0. The molecule has 102 valence electrons. The Morgan fingerprint density at radius 2 is 2.06 bits per heavy atom. The number of nitrogen functional groups attached to an aromatic ring is 1. The van der Waals surface area contributed by atoms with Gasteiger partial charge in [-0.2, -0.15) is 0 Å². The summed E-state index contributed by atoms with van der Waals surface area (Å²) < 4.78 is 37.5. The van der Waals surface area contributed by atoms with Crippen molar-refractivity contribution in [1.82, 2.24) is 4.72 Å². The van der Waals surface area contributed by atoms with Gasteiger partial charge < -0.3 is 5.73 Å². The molecule has 3 N–H and O–H groups in total. The highest BCUT2D eigenvalue weighted by molar-refractivity contribution is 7.89. The van der Waals surface area contributed by atoms with Gasteiger partial charge >= 0.3 is 0 Å². The molecular formula is C11H18N2O3S2. The number of hydrogen-bond acceptors (Lipinski definition) is 4. The van der Waals surface area contributed by atoms with E-state index in [4.69, 9.17) is 5.73 Å². The third-order valence-electron chi connectivity index (χ3n) is 2.40. The van der Waals surface area contributed by atoms with Crippen LogP contribution in [0.25, 0.3) is 0 Å². The molecule has 0 saturated carbocycles. The molecule has 0 bridgehead atoms. The van der Waals surface area contributed by atoms with Gasteiger partial charge in [0.25, 0.3) is 0 Å². The number of hydrogen-bond donors (Lipinski definition) is 2. The fourth-order valence-corrected chi connectivity index (χ4v) is 3.31. The Bertz CT molecular complexity index is 541. The first-order chi connectivity index (χ1) is 8.36. The van der Waals surface area contributed by atoms with Crippen molar-refractivity contribution < 1.29 is 12.6 Å². The third kappa shape index (κ3) is 4.08. The molecule has 0 saturated heterocycles. The first-order valence-corrected chi connectivity index (χ1v) is 8.54. The van der Waals surface area contributed by atoms with Crippen molar-refractivity contribution in [2.75, 3.05) is 23.8 Å². The minimum Gasteiger partial charge on any atom is -0.398 e. The molecule has 0 spiro atoms. The minimum absolute atomic E-state index is 0.0652. The molecule has 5 nitrogen and oxygen atoms in total. The van der Waals surface area contributed by atoms with E-state index in [1.54, 1.807) is 19.1 Å². The number of benzene rings is 1. The van der Waals surface area contributed by atoms with Crippen LogP contribution in [-0.4, -0.2) is 30.7 Å². The van der Waals surface area contributed by atoms with Gasteiger partial charge in [-0.1, -0.05) is 13.0 Å². The molecule has 1 unspecified atom stereocenters. The van der Waals surface area contributed by atoms with Crippen molar-refractivity contribution in [3.05, 3.63) is 23.8 Å². The Balaban J connectivity index is 2.77. The highest BCUT2D eigenvalue weighted by Gasteiger charge is 2.16. The summed E-state index contributed by atoms with van der Waals surface area (Å²) in [4.78, 5) is 0.0652. The van der Waals surface area contributed by atoms with Gasteiger partial charge in [0.05, 0.1) is 5.69 Å². The van der Waals surface area contributed by atoms with E-state index in [9.17, 15) is 12.6 Å². The maximum absolute atomic E-state index is 11.9. The molecule has 1 aromatic rings. The van der Waals surface area contributed by atoms with E-state index in [1.165, 1.54) is 6.07 Å². The highest BCUT2D eigenvalue weighted by atomic mass is 32.2. The van der Waals surface area contributed by atoms with E-state index in [0.717, 1.165) is 5.56 Å². The second kappa shape index (κ2) is 6.31. The van der Waals surface area contributed by atoms with Crippen LogP contribution in [-0.2, 0) is 20.8 Å². The summed E-state index contributed by atoms with van der Waals surface area (Å²) in [6.45, 7) is 3.78. The zero-order chi connectivity index (χ0) is 13.8. The molecule has 1 rings (SSSR count). The van der Waals surface area contributed by atoms with E-state index in [1.807, 2.05) is 6.92 Å². The van der Waals surface area contributed by atoms with Crippen LogP contribution in [0.3, 0.4) is 0 Å². The average Bonchev–Trinajstić information content (AvgIpc) is 2.27. The lowest BCUT2D eigenvalue weighted by Gasteiger charge is -2.09. The van der Waals surface area contributed by atoms with Crippen molar-refractivity contribution >= 4 is 26.5 Å². The van der Waals surface area contributed by atoms with Gasteiger partial charge in [0.2, 0.25) is 10.0 Å². The van der Waals surface area contributed by atoms with E-state index in [-0.39, 0.29) is 17.1 Å². The average molecular weight is 290 g/mol. The molecule has 0 aromatic heterocycles. The normalized spacial score (nSPS) is 13.4. The molecule has 0 amide bonds. The van der Waals surface area contributed by atoms with Crippen LogP contribution < -0.4 is 10.5 Å². The Hall–Kier alpha value is -0.920. The maximum Gasteiger partial charge on any atom is 0.242 e. The van der Waals surface area contributed by atoms with Crippen LogP contribution in [0.5, 0.6) is 0 Å². The Morgan fingerprint density at radius 1 is 1.39 bits per heavy atom. The molecular weight excluding hydrogens is 272 g/mol. The largest absolute Gasteiger partial charge is 0.398 e. The summed E-state index contributed by atoms with van der Waals surface area (Å²) >= 11 is 0. The van der Waals surface area contributed by atoms with Crippen molar-refractivity contribution in [1.29, 1.82) is 0 Å². The van der Waals surface area contributed by atoms with Gasteiger partial charge in [-0.25, -0.2) is 13.1 Å². The predicted octanol–water partition coefficient (Wildman–Crippen LogP) is 0.624. The number of nitrogens with two attached hydrogens (primary N) is 1. The first-order valence-electron chi connectivity index (χ1n) is 5.57. The third-order valence-corrected chi connectivity index (χ3v) is 5.24. The van der Waals surface area contributed by atoms with Gasteiger partial charge in [-0.3, -0.25) is 4.21 Å². The zero-order valence-corrected chi connectivity index (χ0v) is 12.1. The molecule has 0 aliphatic rings. The van der Waals surface area contributed by atoms with Crippen LogP contribution in [0.4, 0.5) is 5.69 Å². The van der Waals surface area contributed by atoms with Crippen LogP contribution in [0, 0.1) is 6.92 Å². The van der Waals surface area contributed by atoms with E-state index >= 15 is 0 Å².